The predicted octanol–water partition coefficient (Wildman–Crippen LogP) is 1.97. The fourth-order valence-electron chi connectivity index (χ4n) is 2.90. The van der Waals surface area contributed by atoms with Crippen molar-refractivity contribution in [3.8, 4) is 0 Å². The van der Waals surface area contributed by atoms with E-state index >= 15 is 0 Å². The first kappa shape index (κ1) is 15.5. The van der Waals surface area contributed by atoms with Crippen molar-refractivity contribution in [2.45, 2.75) is 38.8 Å². The molecule has 0 spiro atoms. The van der Waals surface area contributed by atoms with Crippen molar-refractivity contribution in [1.82, 2.24) is 24.6 Å². The van der Waals surface area contributed by atoms with Gasteiger partial charge in [0.2, 0.25) is 0 Å². The number of amides is 1. The minimum absolute atomic E-state index is 0.0195. The highest BCUT2D eigenvalue weighted by Gasteiger charge is 2.27. The van der Waals surface area contributed by atoms with Crippen LogP contribution in [0.5, 0.6) is 0 Å². The minimum atomic E-state index is 0.0195. The molecule has 0 aromatic carbocycles. The Bertz CT molecular complexity index is 654. The van der Waals surface area contributed by atoms with Crippen LogP contribution in [0.3, 0.4) is 0 Å². The monoisotopic (exact) mass is 314 g/mol. The number of rotatable bonds is 4. The van der Waals surface area contributed by atoms with Crippen molar-refractivity contribution in [2.24, 2.45) is 0 Å². The first-order valence-electron chi connectivity index (χ1n) is 8.00. The van der Waals surface area contributed by atoms with E-state index in [2.05, 4.69) is 20.4 Å². The average molecular weight is 314 g/mol. The van der Waals surface area contributed by atoms with Gasteiger partial charge in [0.15, 0.2) is 0 Å². The number of hydrogen-bond donors (Lipinski definition) is 1. The molecule has 122 valence electrons. The summed E-state index contributed by atoms with van der Waals surface area (Å²) in [6.07, 6.45) is 6.93. The van der Waals surface area contributed by atoms with Crippen LogP contribution in [0.15, 0.2) is 31.0 Å². The normalized spacial score (nSPS) is 18.2. The fraction of sp³-hybridized carbons (Fsp3) is 0.500. The number of nitrogens with zero attached hydrogens (tertiary/aromatic N) is 5. The van der Waals surface area contributed by atoms with Crippen LogP contribution >= 0.6 is 0 Å². The van der Waals surface area contributed by atoms with E-state index in [-0.39, 0.29) is 18.0 Å². The molecule has 0 saturated carbocycles. The lowest BCUT2D eigenvalue weighted by Gasteiger charge is -2.33. The summed E-state index contributed by atoms with van der Waals surface area (Å²) in [5, 5.41) is 7.45. The number of nitrogens with one attached hydrogen (secondary N) is 1. The van der Waals surface area contributed by atoms with Gasteiger partial charge in [-0.3, -0.25) is 4.79 Å². The summed E-state index contributed by atoms with van der Waals surface area (Å²) >= 11 is 0. The first-order chi connectivity index (χ1) is 11.1. The van der Waals surface area contributed by atoms with Crippen LogP contribution in [0.25, 0.3) is 0 Å². The van der Waals surface area contributed by atoms with Crippen LogP contribution < -0.4 is 5.32 Å². The van der Waals surface area contributed by atoms with Crippen molar-refractivity contribution >= 4 is 11.7 Å². The molecule has 7 heteroatoms. The molecule has 1 saturated heterocycles. The lowest BCUT2D eigenvalue weighted by molar-refractivity contribution is 0.0673. The Hall–Kier alpha value is -2.44. The summed E-state index contributed by atoms with van der Waals surface area (Å²) in [5.74, 6) is 0.668. The molecule has 3 rings (SSSR count). The highest BCUT2D eigenvalue weighted by atomic mass is 16.2. The van der Waals surface area contributed by atoms with Crippen LogP contribution in [-0.4, -0.2) is 49.7 Å². The molecule has 1 unspecified atom stereocenters. The van der Waals surface area contributed by atoms with Gasteiger partial charge in [-0.2, -0.15) is 5.10 Å². The summed E-state index contributed by atoms with van der Waals surface area (Å²) in [5.41, 5.74) is 0.625. The van der Waals surface area contributed by atoms with Crippen LogP contribution in [0, 0.1) is 0 Å². The van der Waals surface area contributed by atoms with Crippen molar-refractivity contribution in [1.29, 1.82) is 0 Å². The number of anilines is 1. The smallest absolute Gasteiger partial charge is 0.257 e. The van der Waals surface area contributed by atoms with Crippen molar-refractivity contribution in [3.05, 3.63) is 36.5 Å². The number of piperidine rings is 1. The number of aromatic nitrogens is 4. The zero-order valence-electron chi connectivity index (χ0n) is 13.5. The summed E-state index contributed by atoms with van der Waals surface area (Å²) in [6.45, 7) is 5.48. The SMILES string of the molecule is CC(C)Nc1ncccc1C(=O)N1CCCC(n2cncn2)C1. The van der Waals surface area contributed by atoms with E-state index in [1.807, 2.05) is 29.5 Å². The molecule has 1 aliphatic rings. The van der Waals surface area contributed by atoms with Gasteiger partial charge < -0.3 is 10.2 Å². The van der Waals surface area contributed by atoms with Gasteiger partial charge in [-0.15, -0.1) is 0 Å². The third-order valence-corrected chi connectivity index (χ3v) is 3.96. The molecular weight excluding hydrogens is 292 g/mol. The average Bonchev–Trinajstić information content (AvgIpc) is 3.09. The quantitative estimate of drug-likeness (QED) is 0.934. The van der Waals surface area contributed by atoms with Gasteiger partial charge in [0.25, 0.3) is 5.91 Å². The van der Waals surface area contributed by atoms with Crippen LogP contribution in [0.1, 0.15) is 43.1 Å². The molecule has 1 fully saturated rings. The summed E-state index contributed by atoms with van der Waals surface area (Å²) in [6, 6.07) is 4.05. The summed E-state index contributed by atoms with van der Waals surface area (Å²) < 4.78 is 1.84. The van der Waals surface area contributed by atoms with Crippen LogP contribution in [0.4, 0.5) is 5.82 Å². The molecule has 1 N–H and O–H groups in total. The molecule has 1 amide bonds. The van der Waals surface area contributed by atoms with Crippen LogP contribution in [0.2, 0.25) is 0 Å². The van der Waals surface area contributed by atoms with Crippen molar-refractivity contribution in [2.75, 3.05) is 18.4 Å². The maximum absolute atomic E-state index is 12.9. The molecule has 3 heterocycles. The standard InChI is InChI=1S/C16H22N6O/c1-12(2)20-15-14(6-3-7-18-15)16(23)21-8-4-5-13(9-21)22-11-17-10-19-22/h3,6-7,10-13H,4-5,8-9H2,1-2H3,(H,18,20). The van der Waals surface area contributed by atoms with E-state index in [4.69, 9.17) is 0 Å². The summed E-state index contributed by atoms with van der Waals surface area (Å²) in [7, 11) is 0. The minimum Gasteiger partial charge on any atom is -0.367 e. The lowest BCUT2D eigenvalue weighted by Crippen LogP contribution is -2.41. The molecule has 2 aromatic rings. The fourth-order valence-corrected chi connectivity index (χ4v) is 2.90. The van der Waals surface area contributed by atoms with E-state index in [0.717, 1.165) is 19.4 Å². The zero-order valence-corrected chi connectivity index (χ0v) is 13.5. The van der Waals surface area contributed by atoms with Gasteiger partial charge in [-0.1, -0.05) is 0 Å². The zero-order chi connectivity index (χ0) is 16.2. The molecule has 0 aliphatic carbocycles. The first-order valence-corrected chi connectivity index (χ1v) is 8.00. The van der Waals surface area contributed by atoms with E-state index in [1.54, 1.807) is 18.6 Å². The Labute approximate surface area is 135 Å². The molecule has 2 aromatic heterocycles. The highest BCUT2D eigenvalue weighted by molar-refractivity contribution is 5.98. The second-order valence-electron chi connectivity index (χ2n) is 6.12. The van der Waals surface area contributed by atoms with Gasteiger partial charge >= 0.3 is 0 Å². The number of carbonyl (C=O) groups excluding carboxylic acids is 1. The maximum Gasteiger partial charge on any atom is 0.257 e. The Morgan fingerprint density at radius 3 is 3.04 bits per heavy atom. The maximum atomic E-state index is 12.9. The van der Waals surface area contributed by atoms with Crippen molar-refractivity contribution in [3.63, 3.8) is 0 Å². The van der Waals surface area contributed by atoms with Gasteiger partial charge in [0.1, 0.15) is 18.5 Å². The number of pyridine rings is 1. The molecule has 0 bridgehead atoms. The van der Waals surface area contributed by atoms with E-state index in [0.29, 0.717) is 17.9 Å². The predicted molar refractivity (Wildman–Crippen MR) is 87.2 cm³/mol. The summed E-state index contributed by atoms with van der Waals surface area (Å²) in [4.78, 5) is 23.1. The van der Waals surface area contributed by atoms with Gasteiger partial charge in [0.05, 0.1) is 11.6 Å². The van der Waals surface area contributed by atoms with E-state index in [9.17, 15) is 4.79 Å². The number of hydrogen-bond acceptors (Lipinski definition) is 5. The molecular formula is C16H22N6O. The second kappa shape index (κ2) is 6.76. The van der Waals surface area contributed by atoms with E-state index in [1.165, 1.54) is 6.33 Å². The third-order valence-electron chi connectivity index (χ3n) is 3.96. The van der Waals surface area contributed by atoms with Crippen LogP contribution in [-0.2, 0) is 0 Å². The van der Waals surface area contributed by atoms with Gasteiger partial charge in [0, 0.05) is 25.3 Å². The second-order valence-corrected chi connectivity index (χ2v) is 6.12. The Kier molecular flexibility index (Phi) is 4.55. The lowest BCUT2D eigenvalue weighted by atomic mass is 10.0. The van der Waals surface area contributed by atoms with Gasteiger partial charge in [-0.05, 0) is 38.8 Å². The molecule has 7 nitrogen and oxygen atoms in total. The largest absolute Gasteiger partial charge is 0.367 e. The third kappa shape index (κ3) is 3.49. The Morgan fingerprint density at radius 1 is 1.43 bits per heavy atom. The molecule has 0 radical (unpaired) electrons. The highest BCUT2D eigenvalue weighted by Crippen LogP contribution is 2.23. The van der Waals surface area contributed by atoms with Gasteiger partial charge in [-0.25, -0.2) is 14.6 Å². The Balaban J connectivity index is 1.77. The topological polar surface area (TPSA) is 75.9 Å². The van der Waals surface area contributed by atoms with Crippen molar-refractivity contribution < 1.29 is 4.79 Å². The molecule has 23 heavy (non-hydrogen) atoms. The number of carbonyl (C=O) groups is 1. The number of likely N-dealkylation sites (tertiary alicyclic amines) is 1. The Morgan fingerprint density at radius 2 is 2.30 bits per heavy atom. The van der Waals surface area contributed by atoms with E-state index < -0.39 is 0 Å². The molecule has 1 atom stereocenters. The molecule has 1 aliphatic heterocycles.